The highest BCUT2D eigenvalue weighted by atomic mass is 32.2. The lowest BCUT2D eigenvalue weighted by molar-refractivity contribution is 0.102. The molecule has 0 aromatic heterocycles. The van der Waals surface area contributed by atoms with Crippen LogP contribution in [0.5, 0.6) is 0 Å². The molecule has 1 atom stereocenters. The van der Waals surface area contributed by atoms with Crippen molar-refractivity contribution in [1.82, 2.24) is 0 Å². The van der Waals surface area contributed by atoms with Crippen LogP contribution in [0.3, 0.4) is 0 Å². The Labute approximate surface area is 203 Å². The summed E-state index contributed by atoms with van der Waals surface area (Å²) in [5, 5.41) is 0. The van der Waals surface area contributed by atoms with Crippen LogP contribution in [0.4, 0.5) is 0 Å². The lowest BCUT2D eigenvalue weighted by Crippen LogP contribution is -2.08. The highest BCUT2D eigenvalue weighted by molar-refractivity contribution is 7.99. The van der Waals surface area contributed by atoms with E-state index < -0.39 is 0 Å². The molecule has 1 saturated heterocycles. The zero-order chi connectivity index (χ0) is 22.2. The van der Waals surface area contributed by atoms with Crippen molar-refractivity contribution in [2.45, 2.75) is 128 Å². The van der Waals surface area contributed by atoms with Gasteiger partial charge in [0.05, 0.1) is 6.10 Å². The number of thioether (sulfide) groups is 1. The van der Waals surface area contributed by atoms with Crippen molar-refractivity contribution in [3.63, 3.8) is 0 Å². The topological polar surface area (TPSA) is 9.23 Å². The van der Waals surface area contributed by atoms with Crippen LogP contribution in [-0.4, -0.2) is 24.2 Å². The normalized spacial score (nSPS) is 19.4. The van der Waals surface area contributed by atoms with Crippen molar-refractivity contribution in [2.75, 3.05) is 18.1 Å². The second-order valence-electron chi connectivity index (χ2n) is 10.7. The first kappa shape index (κ1) is 26.1. The summed E-state index contributed by atoms with van der Waals surface area (Å²) in [6, 6.07) is 11.1. The first-order chi connectivity index (χ1) is 15.9. The molecule has 1 aliphatic heterocycles. The Morgan fingerprint density at radius 2 is 1.34 bits per heavy atom. The zero-order valence-electron chi connectivity index (χ0n) is 20.8. The van der Waals surface area contributed by atoms with Crippen molar-refractivity contribution in [3.8, 4) is 0 Å². The van der Waals surface area contributed by atoms with Crippen molar-refractivity contribution in [2.24, 2.45) is 5.41 Å². The van der Waals surface area contributed by atoms with E-state index in [0.717, 1.165) is 6.61 Å². The fraction of sp³-hybridized carbons (Fsp3) is 0.800. The van der Waals surface area contributed by atoms with Gasteiger partial charge < -0.3 is 4.74 Å². The maximum absolute atomic E-state index is 5.71. The van der Waals surface area contributed by atoms with E-state index in [1.807, 2.05) is 0 Å². The summed E-state index contributed by atoms with van der Waals surface area (Å²) in [5.41, 5.74) is 2.19. The molecule has 2 heteroatoms. The van der Waals surface area contributed by atoms with Crippen LogP contribution in [0.2, 0.25) is 0 Å². The quantitative estimate of drug-likeness (QED) is 0.180. The molecule has 1 aromatic carbocycles. The van der Waals surface area contributed by atoms with E-state index in [9.17, 15) is 0 Å². The second kappa shape index (κ2) is 16.2. The van der Waals surface area contributed by atoms with Gasteiger partial charge in [0.15, 0.2) is 0 Å². The first-order valence-electron chi connectivity index (χ1n) is 14.1. The molecule has 2 fully saturated rings. The molecule has 1 aromatic rings. The Hall–Kier alpha value is -0.470. The highest BCUT2D eigenvalue weighted by Crippen LogP contribution is 2.50. The fourth-order valence-corrected chi connectivity index (χ4v) is 6.64. The minimum Gasteiger partial charge on any atom is -0.378 e. The van der Waals surface area contributed by atoms with Crippen molar-refractivity contribution < 1.29 is 4.74 Å². The fourth-order valence-electron chi connectivity index (χ4n) is 5.26. The summed E-state index contributed by atoms with van der Waals surface area (Å²) in [6.07, 6.45) is 27.6. The van der Waals surface area contributed by atoms with Crippen LogP contribution >= 0.6 is 11.8 Å². The van der Waals surface area contributed by atoms with E-state index in [1.165, 1.54) is 139 Å². The van der Waals surface area contributed by atoms with Gasteiger partial charge in [0.1, 0.15) is 0 Å². The smallest absolute Gasteiger partial charge is 0.0576 e. The van der Waals surface area contributed by atoms with E-state index in [-0.39, 0.29) is 0 Å². The third-order valence-corrected chi connectivity index (χ3v) is 9.02. The van der Waals surface area contributed by atoms with Gasteiger partial charge in [-0.25, -0.2) is 0 Å². The molecule has 1 aliphatic carbocycles. The predicted molar refractivity (Wildman–Crippen MR) is 143 cm³/mol. The highest BCUT2D eigenvalue weighted by Gasteiger charge is 2.41. The molecular weight excluding hydrogens is 408 g/mol. The molecule has 0 bridgehead atoms. The Morgan fingerprint density at radius 3 is 1.91 bits per heavy atom. The third-order valence-electron chi connectivity index (χ3n) is 7.63. The average molecular weight is 459 g/mol. The molecule has 32 heavy (non-hydrogen) atoms. The molecular formula is C30H50OS. The molecule has 0 spiro atoms. The van der Waals surface area contributed by atoms with E-state index in [2.05, 4.69) is 42.1 Å². The monoisotopic (exact) mass is 458 g/mol. The summed E-state index contributed by atoms with van der Waals surface area (Å²) in [6.45, 7) is 1.01. The number of ether oxygens (including phenoxy) is 1. The van der Waals surface area contributed by atoms with Crippen LogP contribution in [-0.2, 0) is 11.2 Å². The van der Waals surface area contributed by atoms with Gasteiger partial charge >= 0.3 is 0 Å². The molecule has 1 saturated carbocycles. The van der Waals surface area contributed by atoms with Crippen molar-refractivity contribution in [1.29, 1.82) is 0 Å². The second-order valence-corrected chi connectivity index (χ2v) is 11.8. The van der Waals surface area contributed by atoms with E-state index in [4.69, 9.17) is 4.74 Å². The number of rotatable bonds is 20. The summed E-state index contributed by atoms with van der Waals surface area (Å²) >= 11 is 2.23. The maximum atomic E-state index is 5.71. The molecule has 1 heterocycles. The van der Waals surface area contributed by atoms with Crippen molar-refractivity contribution >= 4 is 11.8 Å². The van der Waals surface area contributed by atoms with Crippen LogP contribution < -0.4 is 0 Å². The minimum atomic E-state index is 0.605. The third kappa shape index (κ3) is 11.6. The zero-order valence-corrected chi connectivity index (χ0v) is 21.7. The Morgan fingerprint density at radius 1 is 0.750 bits per heavy atom. The summed E-state index contributed by atoms with van der Waals surface area (Å²) in [4.78, 5) is 0. The Bertz CT molecular complexity index is 561. The summed E-state index contributed by atoms with van der Waals surface area (Å²) in [5.74, 6) is 2.76. The molecule has 0 N–H and O–H groups in total. The number of hydrogen-bond donors (Lipinski definition) is 0. The minimum absolute atomic E-state index is 0.605. The average Bonchev–Trinajstić information content (AvgIpc) is 3.36. The largest absolute Gasteiger partial charge is 0.378 e. The number of unbranched alkanes of at least 4 members (excludes halogenated alkanes) is 12. The van der Waals surface area contributed by atoms with Crippen LogP contribution in [0, 0.1) is 5.41 Å². The molecule has 2 aliphatic rings. The van der Waals surface area contributed by atoms with Gasteiger partial charge in [-0.3, -0.25) is 0 Å². The van der Waals surface area contributed by atoms with Crippen LogP contribution in [0.15, 0.2) is 30.3 Å². The molecule has 1 nitrogen and oxygen atoms in total. The van der Waals surface area contributed by atoms with Crippen LogP contribution in [0.25, 0.3) is 0 Å². The van der Waals surface area contributed by atoms with Gasteiger partial charge in [0, 0.05) is 6.61 Å². The van der Waals surface area contributed by atoms with Gasteiger partial charge in [0.25, 0.3) is 0 Å². The van der Waals surface area contributed by atoms with Gasteiger partial charge in [-0.15, -0.1) is 0 Å². The van der Waals surface area contributed by atoms with E-state index in [1.54, 1.807) is 0 Å². The predicted octanol–water partition coefficient (Wildman–Crippen LogP) is 9.38. The number of benzene rings is 1. The van der Waals surface area contributed by atoms with Gasteiger partial charge in [0.2, 0.25) is 0 Å². The molecule has 0 amide bonds. The molecule has 3 rings (SSSR count). The lowest BCUT2D eigenvalue weighted by atomic mass is 9.99. The van der Waals surface area contributed by atoms with Gasteiger partial charge in [-0.05, 0) is 67.4 Å². The molecule has 1 unspecified atom stereocenters. The molecule has 182 valence electrons. The summed E-state index contributed by atoms with van der Waals surface area (Å²) in [7, 11) is 0. The van der Waals surface area contributed by atoms with Crippen molar-refractivity contribution in [3.05, 3.63) is 35.9 Å². The first-order valence-corrected chi connectivity index (χ1v) is 15.3. The van der Waals surface area contributed by atoms with E-state index >= 15 is 0 Å². The SMILES string of the molecule is c1ccc(CC2(CSCCCCCCCCCCCCCCCC3CCCO3)CC2)cc1. The van der Waals surface area contributed by atoms with Crippen LogP contribution in [0.1, 0.15) is 121 Å². The Balaban J connectivity index is 1.00. The van der Waals surface area contributed by atoms with E-state index in [0.29, 0.717) is 11.5 Å². The standard InChI is InChI=1S/C30H50OS/c1(2-4-6-8-10-15-20-29-21-17-24-31-29)3-5-7-9-11-16-25-32-27-30(22-23-30)26-28-18-13-12-14-19-28/h12-14,18-19,29H,1-11,15-17,20-27H2. The Kier molecular flexibility index (Phi) is 13.2. The van der Waals surface area contributed by atoms with Gasteiger partial charge in [-0.1, -0.05) is 107 Å². The lowest BCUT2D eigenvalue weighted by Gasteiger charge is -2.14. The van der Waals surface area contributed by atoms with Gasteiger partial charge in [-0.2, -0.15) is 11.8 Å². The summed E-state index contributed by atoms with van der Waals surface area (Å²) < 4.78 is 5.71. The number of hydrogen-bond acceptors (Lipinski definition) is 2. The molecule has 0 radical (unpaired) electrons. The maximum Gasteiger partial charge on any atom is 0.0576 e.